The molecule has 2 aromatic carbocycles. The number of hydrogen-bond donors (Lipinski definition) is 1. The van der Waals surface area contributed by atoms with Crippen LogP contribution in [0.4, 0.5) is 0 Å². The first-order valence-electron chi connectivity index (χ1n) is 6.44. The van der Waals surface area contributed by atoms with Crippen molar-refractivity contribution in [3.8, 4) is 0 Å². The number of nitrogens with one attached hydrogen (secondary N) is 1. The Balaban J connectivity index is 2.15. The van der Waals surface area contributed by atoms with E-state index in [0.29, 0.717) is 0 Å². The van der Waals surface area contributed by atoms with Crippen LogP contribution < -0.4 is 5.32 Å². The number of hydrogen-bond acceptors (Lipinski definition) is 1. The molecule has 0 radical (unpaired) electrons. The van der Waals surface area contributed by atoms with Crippen LogP contribution in [0, 0.1) is 0 Å². The van der Waals surface area contributed by atoms with Crippen molar-refractivity contribution in [3.63, 3.8) is 0 Å². The molecule has 2 atom stereocenters. The van der Waals surface area contributed by atoms with Crippen molar-refractivity contribution >= 4 is 47.8 Å². The summed E-state index contributed by atoms with van der Waals surface area (Å²) in [4.78, 5) is 0. The quantitative estimate of drug-likeness (QED) is 0.556. The third-order valence-corrected chi connectivity index (χ3v) is 5.20. The molecular weight excluding hydrogens is 446 g/mol. The van der Waals surface area contributed by atoms with E-state index in [4.69, 9.17) is 0 Å². The van der Waals surface area contributed by atoms with Crippen LogP contribution in [0.15, 0.2) is 55.9 Å². The summed E-state index contributed by atoms with van der Waals surface area (Å²) in [5.41, 5.74) is 2.53. The largest absolute Gasteiger partial charge is 0.304 e. The van der Waals surface area contributed by atoms with Crippen molar-refractivity contribution in [2.24, 2.45) is 0 Å². The van der Waals surface area contributed by atoms with Crippen LogP contribution in [0.25, 0.3) is 0 Å². The summed E-state index contributed by atoms with van der Waals surface area (Å²) >= 11 is 10.7. The summed E-state index contributed by atoms with van der Waals surface area (Å²) in [7, 11) is 0. The number of rotatable bonds is 4. The predicted octanol–water partition coefficient (Wildman–Crippen LogP) is 6.39. The summed E-state index contributed by atoms with van der Waals surface area (Å²) in [6, 6.07) is 15.2. The van der Waals surface area contributed by atoms with Crippen molar-refractivity contribution in [1.82, 2.24) is 5.32 Å². The highest BCUT2D eigenvalue weighted by molar-refractivity contribution is 9.11. The molecule has 0 amide bonds. The van der Waals surface area contributed by atoms with Crippen molar-refractivity contribution in [2.45, 2.75) is 25.9 Å². The van der Waals surface area contributed by atoms with Crippen LogP contribution in [0.2, 0.25) is 0 Å². The third-order valence-electron chi connectivity index (χ3n) is 3.30. The van der Waals surface area contributed by atoms with Crippen LogP contribution >= 0.6 is 47.8 Å². The average Bonchev–Trinajstić information content (AvgIpc) is 2.38. The standard InChI is InChI=1S/C16H16Br3N/c1-10(13-5-3-4-6-15(13)18)20-11(2)14-8-7-12(17)9-16(14)19/h3-11,20H,1-2H3/t10-,11?/m1/s1. The SMILES string of the molecule is CC(N[C@H](C)c1ccccc1Br)c1ccc(Br)cc1Br. The van der Waals surface area contributed by atoms with E-state index in [-0.39, 0.29) is 12.1 Å². The monoisotopic (exact) mass is 459 g/mol. The van der Waals surface area contributed by atoms with Gasteiger partial charge in [0.25, 0.3) is 0 Å². The van der Waals surface area contributed by atoms with E-state index >= 15 is 0 Å². The highest BCUT2D eigenvalue weighted by atomic mass is 79.9. The van der Waals surface area contributed by atoms with E-state index in [2.05, 4.69) is 103 Å². The summed E-state index contributed by atoms with van der Waals surface area (Å²) in [6.45, 7) is 4.37. The maximum absolute atomic E-state index is 3.64. The van der Waals surface area contributed by atoms with Gasteiger partial charge in [-0.25, -0.2) is 0 Å². The Bertz CT molecular complexity index is 598. The van der Waals surface area contributed by atoms with Crippen LogP contribution in [0.5, 0.6) is 0 Å². The molecule has 1 unspecified atom stereocenters. The first kappa shape index (κ1) is 16.2. The molecule has 0 aliphatic rings. The molecule has 0 aromatic heterocycles. The fourth-order valence-electron chi connectivity index (χ4n) is 2.23. The molecule has 106 valence electrons. The maximum Gasteiger partial charge on any atom is 0.0308 e. The molecule has 1 N–H and O–H groups in total. The smallest absolute Gasteiger partial charge is 0.0308 e. The minimum Gasteiger partial charge on any atom is -0.304 e. The second kappa shape index (κ2) is 7.21. The first-order chi connectivity index (χ1) is 9.49. The summed E-state index contributed by atoms with van der Waals surface area (Å²) in [5, 5.41) is 3.64. The van der Waals surface area contributed by atoms with E-state index in [1.807, 2.05) is 6.07 Å². The minimum absolute atomic E-state index is 0.264. The van der Waals surface area contributed by atoms with Gasteiger partial charge in [-0.2, -0.15) is 0 Å². The highest BCUT2D eigenvalue weighted by Crippen LogP contribution is 2.30. The molecule has 0 spiro atoms. The fraction of sp³-hybridized carbons (Fsp3) is 0.250. The lowest BCUT2D eigenvalue weighted by Gasteiger charge is -2.22. The van der Waals surface area contributed by atoms with Crippen molar-refractivity contribution in [2.75, 3.05) is 0 Å². The van der Waals surface area contributed by atoms with E-state index in [0.717, 1.165) is 13.4 Å². The predicted molar refractivity (Wildman–Crippen MR) is 95.9 cm³/mol. The van der Waals surface area contributed by atoms with Crippen LogP contribution in [-0.2, 0) is 0 Å². The van der Waals surface area contributed by atoms with Gasteiger partial charge >= 0.3 is 0 Å². The molecular formula is C16H16Br3N. The molecule has 1 nitrogen and oxygen atoms in total. The summed E-state index contributed by atoms with van der Waals surface area (Å²) in [6.07, 6.45) is 0. The molecule has 2 aromatic rings. The van der Waals surface area contributed by atoms with Gasteiger partial charge in [-0.15, -0.1) is 0 Å². The van der Waals surface area contributed by atoms with Gasteiger partial charge in [-0.05, 0) is 43.2 Å². The third kappa shape index (κ3) is 3.94. The van der Waals surface area contributed by atoms with Gasteiger partial charge in [0.15, 0.2) is 0 Å². The summed E-state index contributed by atoms with van der Waals surface area (Å²) in [5.74, 6) is 0. The van der Waals surface area contributed by atoms with Crippen molar-refractivity contribution in [1.29, 1.82) is 0 Å². The second-order valence-corrected chi connectivity index (χ2v) is 7.42. The molecule has 2 rings (SSSR count). The van der Waals surface area contributed by atoms with E-state index in [9.17, 15) is 0 Å². The van der Waals surface area contributed by atoms with E-state index < -0.39 is 0 Å². The maximum atomic E-state index is 3.64. The molecule has 0 aliphatic carbocycles. The number of halogens is 3. The van der Waals surface area contributed by atoms with Gasteiger partial charge in [0, 0.05) is 25.5 Å². The Kier molecular flexibility index (Phi) is 5.84. The molecule has 0 bridgehead atoms. The average molecular weight is 462 g/mol. The minimum atomic E-state index is 0.264. The first-order valence-corrected chi connectivity index (χ1v) is 8.82. The van der Waals surface area contributed by atoms with Gasteiger partial charge in [-0.3, -0.25) is 0 Å². The van der Waals surface area contributed by atoms with Gasteiger partial charge < -0.3 is 5.32 Å². The Morgan fingerprint density at radius 1 is 0.800 bits per heavy atom. The Morgan fingerprint density at radius 2 is 1.40 bits per heavy atom. The molecule has 0 saturated carbocycles. The Hall–Kier alpha value is -0.160. The molecule has 20 heavy (non-hydrogen) atoms. The van der Waals surface area contributed by atoms with Crippen LogP contribution in [0.3, 0.4) is 0 Å². The zero-order valence-electron chi connectivity index (χ0n) is 11.3. The zero-order chi connectivity index (χ0) is 14.7. The zero-order valence-corrected chi connectivity index (χ0v) is 16.1. The number of benzene rings is 2. The highest BCUT2D eigenvalue weighted by Gasteiger charge is 2.15. The lowest BCUT2D eigenvalue weighted by atomic mass is 10.0. The lowest BCUT2D eigenvalue weighted by Crippen LogP contribution is -2.23. The Labute approximate surface area is 145 Å². The van der Waals surface area contributed by atoms with Crippen LogP contribution in [0.1, 0.15) is 37.1 Å². The van der Waals surface area contributed by atoms with Crippen molar-refractivity contribution in [3.05, 3.63) is 67.0 Å². The van der Waals surface area contributed by atoms with Gasteiger partial charge in [-0.1, -0.05) is 72.1 Å². The topological polar surface area (TPSA) is 12.0 Å². The fourth-order valence-corrected chi connectivity index (χ4v) is 4.25. The van der Waals surface area contributed by atoms with Gasteiger partial charge in [0.05, 0.1) is 0 Å². The lowest BCUT2D eigenvalue weighted by molar-refractivity contribution is 0.492. The Morgan fingerprint density at radius 3 is 2.00 bits per heavy atom. The molecule has 0 fully saturated rings. The van der Waals surface area contributed by atoms with E-state index in [1.54, 1.807) is 0 Å². The second-order valence-electron chi connectivity index (χ2n) is 4.80. The molecule has 0 aliphatic heterocycles. The van der Waals surface area contributed by atoms with Crippen molar-refractivity contribution < 1.29 is 0 Å². The molecule has 4 heteroatoms. The summed E-state index contributed by atoms with van der Waals surface area (Å²) < 4.78 is 3.34. The van der Waals surface area contributed by atoms with Gasteiger partial charge in [0.1, 0.15) is 0 Å². The molecule has 0 heterocycles. The molecule has 0 saturated heterocycles. The van der Waals surface area contributed by atoms with Crippen LogP contribution in [-0.4, -0.2) is 0 Å². The van der Waals surface area contributed by atoms with E-state index in [1.165, 1.54) is 11.1 Å². The normalized spacial score (nSPS) is 14.1. The van der Waals surface area contributed by atoms with Gasteiger partial charge in [0.2, 0.25) is 0 Å².